The lowest BCUT2D eigenvalue weighted by molar-refractivity contribution is 0.148. The van der Waals surface area contributed by atoms with Gasteiger partial charge < -0.3 is 9.80 Å². The molecule has 140 valence electrons. The van der Waals surface area contributed by atoms with Gasteiger partial charge in [0.05, 0.1) is 5.56 Å². The summed E-state index contributed by atoms with van der Waals surface area (Å²) in [6.45, 7) is 7.35. The Morgan fingerprint density at radius 3 is 2.41 bits per heavy atom. The van der Waals surface area contributed by atoms with Crippen LogP contribution in [0.25, 0.3) is 11.1 Å². The van der Waals surface area contributed by atoms with Crippen LogP contribution in [0.15, 0.2) is 36.4 Å². The van der Waals surface area contributed by atoms with Crippen molar-refractivity contribution in [2.75, 3.05) is 51.2 Å². The first-order chi connectivity index (χ1) is 13.1. The van der Waals surface area contributed by atoms with E-state index in [0.29, 0.717) is 0 Å². The fourth-order valence-corrected chi connectivity index (χ4v) is 3.78. The molecular weight excluding hydrogens is 339 g/mol. The third kappa shape index (κ3) is 3.83. The van der Waals surface area contributed by atoms with Gasteiger partial charge in [-0.15, -0.1) is 0 Å². The Hall–Kier alpha value is -2.42. The predicted octanol–water partition coefficient (Wildman–Crippen LogP) is 3.32. The van der Waals surface area contributed by atoms with E-state index in [-0.39, 0.29) is 5.56 Å². The first kappa shape index (κ1) is 18.0. The summed E-state index contributed by atoms with van der Waals surface area (Å²) in [5.74, 6) is -0.450. The van der Waals surface area contributed by atoms with E-state index >= 15 is 0 Å². The van der Waals surface area contributed by atoms with Crippen molar-refractivity contribution in [3.8, 4) is 17.2 Å². The van der Waals surface area contributed by atoms with E-state index < -0.39 is 5.82 Å². The summed E-state index contributed by atoms with van der Waals surface area (Å²) in [7, 11) is 2.16. The van der Waals surface area contributed by atoms with E-state index in [1.165, 1.54) is 18.1 Å². The molecule has 4 nitrogen and oxygen atoms in total. The lowest BCUT2D eigenvalue weighted by Gasteiger charge is -2.35. The number of likely N-dealkylation sites (N-methyl/N-ethyl adjacent to an activating group) is 1. The van der Waals surface area contributed by atoms with E-state index in [0.717, 1.165) is 62.6 Å². The van der Waals surface area contributed by atoms with Crippen LogP contribution in [0.1, 0.15) is 17.5 Å². The van der Waals surface area contributed by atoms with Crippen LogP contribution >= 0.6 is 0 Å². The van der Waals surface area contributed by atoms with Gasteiger partial charge in [0, 0.05) is 57.1 Å². The molecule has 2 heterocycles. The SMILES string of the molecule is CN1CCN(Cc2ccc(N3CCC3)c(-c3ccc(C#N)c(F)c3)c2)CC1. The monoisotopic (exact) mass is 364 g/mol. The molecule has 0 aromatic heterocycles. The van der Waals surface area contributed by atoms with Crippen LogP contribution in [0.2, 0.25) is 0 Å². The third-order valence-corrected chi connectivity index (χ3v) is 5.66. The average molecular weight is 364 g/mol. The molecule has 2 aromatic rings. The summed E-state index contributed by atoms with van der Waals surface area (Å²) in [5.41, 5.74) is 4.41. The molecule has 0 saturated carbocycles. The van der Waals surface area contributed by atoms with Crippen molar-refractivity contribution >= 4 is 5.69 Å². The first-order valence-corrected chi connectivity index (χ1v) is 9.63. The second kappa shape index (κ2) is 7.67. The summed E-state index contributed by atoms with van der Waals surface area (Å²) in [6, 6.07) is 13.4. The number of nitriles is 1. The van der Waals surface area contributed by atoms with Crippen LogP contribution in [0.4, 0.5) is 10.1 Å². The quantitative estimate of drug-likeness (QED) is 0.833. The minimum Gasteiger partial charge on any atom is -0.371 e. The fourth-order valence-electron chi connectivity index (χ4n) is 3.78. The van der Waals surface area contributed by atoms with Crippen molar-refractivity contribution in [2.24, 2.45) is 0 Å². The highest BCUT2D eigenvalue weighted by atomic mass is 19.1. The number of rotatable bonds is 4. The van der Waals surface area contributed by atoms with Crippen molar-refractivity contribution in [2.45, 2.75) is 13.0 Å². The highest BCUT2D eigenvalue weighted by Crippen LogP contribution is 2.35. The summed E-state index contributed by atoms with van der Waals surface area (Å²) in [4.78, 5) is 7.17. The Morgan fingerprint density at radius 1 is 1.00 bits per heavy atom. The molecule has 5 heteroatoms. The van der Waals surface area contributed by atoms with Crippen molar-refractivity contribution < 1.29 is 4.39 Å². The van der Waals surface area contributed by atoms with E-state index in [2.05, 4.69) is 39.9 Å². The number of halogens is 1. The van der Waals surface area contributed by atoms with Crippen molar-refractivity contribution in [3.05, 3.63) is 53.3 Å². The second-order valence-electron chi connectivity index (χ2n) is 7.58. The Kier molecular flexibility index (Phi) is 5.11. The van der Waals surface area contributed by atoms with Crippen LogP contribution < -0.4 is 4.90 Å². The van der Waals surface area contributed by atoms with Crippen LogP contribution in [-0.4, -0.2) is 56.1 Å². The van der Waals surface area contributed by atoms with Gasteiger partial charge in [-0.2, -0.15) is 5.26 Å². The second-order valence-corrected chi connectivity index (χ2v) is 7.58. The van der Waals surface area contributed by atoms with E-state index in [9.17, 15) is 4.39 Å². The van der Waals surface area contributed by atoms with Gasteiger partial charge in [-0.05, 0) is 48.9 Å². The molecule has 0 atom stereocenters. The Labute approximate surface area is 160 Å². The first-order valence-electron chi connectivity index (χ1n) is 9.63. The van der Waals surface area contributed by atoms with Gasteiger partial charge >= 0.3 is 0 Å². The van der Waals surface area contributed by atoms with Crippen LogP contribution in [-0.2, 0) is 6.54 Å². The number of nitrogens with zero attached hydrogens (tertiary/aromatic N) is 4. The molecule has 0 N–H and O–H groups in total. The zero-order chi connectivity index (χ0) is 18.8. The zero-order valence-corrected chi connectivity index (χ0v) is 15.8. The number of benzene rings is 2. The molecular formula is C22H25FN4. The standard InChI is InChI=1S/C22H25FN4/c1-25-9-11-26(12-10-25)16-17-3-6-22(27-7-2-8-27)20(13-17)18-4-5-19(15-24)21(23)14-18/h3-6,13-14H,2,7-12,16H2,1H3. The predicted molar refractivity (Wildman–Crippen MR) is 106 cm³/mol. The minimum absolute atomic E-state index is 0.0952. The third-order valence-electron chi connectivity index (χ3n) is 5.66. The summed E-state index contributed by atoms with van der Waals surface area (Å²) in [6.07, 6.45) is 1.20. The number of anilines is 1. The highest BCUT2D eigenvalue weighted by molar-refractivity contribution is 5.80. The van der Waals surface area contributed by atoms with E-state index in [4.69, 9.17) is 5.26 Å². The van der Waals surface area contributed by atoms with E-state index in [1.807, 2.05) is 12.1 Å². The van der Waals surface area contributed by atoms with Crippen LogP contribution in [0.5, 0.6) is 0 Å². The minimum atomic E-state index is -0.450. The van der Waals surface area contributed by atoms with Crippen LogP contribution in [0, 0.1) is 17.1 Å². The molecule has 2 fully saturated rings. The normalized spacial score (nSPS) is 18.2. The molecule has 0 spiro atoms. The van der Waals surface area contributed by atoms with Gasteiger partial charge in [0.25, 0.3) is 0 Å². The lowest BCUT2D eigenvalue weighted by Crippen LogP contribution is -2.43. The maximum atomic E-state index is 14.2. The van der Waals surface area contributed by atoms with Crippen molar-refractivity contribution in [1.82, 2.24) is 9.80 Å². The molecule has 4 rings (SSSR count). The molecule has 27 heavy (non-hydrogen) atoms. The number of piperazine rings is 1. The number of hydrogen-bond acceptors (Lipinski definition) is 4. The molecule has 0 amide bonds. The Morgan fingerprint density at radius 2 is 1.78 bits per heavy atom. The molecule has 2 aliphatic heterocycles. The van der Waals surface area contributed by atoms with Gasteiger partial charge in [0.1, 0.15) is 11.9 Å². The molecule has 0 unspecified atom stereocenters. The molecule has 0 radical (unpaired) electrons. The topological polar surface area (TPSA) is 33.5 Å². The van der Waals surface area contributed by atoms with Gasteiger partial charge in [0.15, 0.2) is 0 Å². The smallest absolute Gasteiger partial charge is 0.141 e. The highest BCUT2D eigenvalue weighted by Gasteiger charge is 2.20. The summed E-state index contributed by atoms with van der Waals surface area (Å²) < 4.78 is 14.2. The van der Waals surface area contributed by atoms with Crippen LogP contribution in [0.3, 0.4) is 0 Å². The maximum absolute atomic E-state index is 14.2. The number of hydrogen-bond donors (Lipinski definition) is 0. The molecule has 2 aromatic carbocycles. The van der Waals surface area contributed by atoms with Gasteiger partial charge in [-0.25, -0.2) is 4.39 Å². The summed E-state index contributed by atoms with van der Waals surface area (Å²) >= 11 is 0. The zero-order valence-electron chi connectivity index (χ0n) is 15.8. The molecule has 2 aliphatic rings. The molecule has 0 aliphatic carbocycles. The van der Waals surface area contributed by atoms with Gasteiger partial charge in [-0.3, -0.25) is 4.90 Å². The molecule has 2 saturated heterocycles. The fraction of sp³-hybridized carbons (Fsp3) is 0.409. The largest absolute Gasteiger partial charge is 0.371 e. The maximum Gasteiger partial charge on any atom is 0.141 e. The lowest BCUT2D eigenvalue weighted by atomic mass is 9.97. The Balaban J connectivity index is 1.65. The van der Waals surface area contributed by atoms with Crippen molar-refractivity contribution in [1.29, 1.82) is 5.26 Å². The van der Waals surface area contributed by atoms with Crippen molar-refractivity contribution in [3.63, 3.8) is 0 Å². The molecule has 0 bridgehead atoms. The van der Waals surface area contributed by atoms with Gasteiger partial charge in [0.2, 0.25) is 0 Å². The van der Waals surface area contributed by atoms with E-state index in [1.54, 1.807) is 6.07 Å². The average Bonchev–Trinajstić information content (AvgIpc) is 2.63. The summed E-state index contributed by atoms with van der Waals surface area (Å²) in [5, 5.41) is 9.01. The van der Waals surface area contributed by atoms with Gasteiger partial charge in [-0.1, -0.05) is 12.1 Å². The Bertz CT molecular complexity index is 861.